The van der Waals surface area contributed by atoms with Crippen LogP contribution in [0.5, 0.6) is 0 Å². The number of aliphatic hydroxyl groups excluding tert-OH is 1. The van der Waals surface area contributed by atoms with Gasteiger partial charge in [0.1, 0.15) is 0 Å². The van der Waals surface area contributed by atoms with E-state index >= 15 is 0 Å². The van der Waals surface area contributed by atoms with E-state index in [9.17, 15) is 9.90 Å². The summed E-state index contributed by atoms with van der Waals surface area (Å²) in [5.74, 6) is -0.324. The van der Waals surface area contributed by atoms with Gasteiger partial charge in [-0.3, -0.25) is 0 Å². The van der Waals surface area contributed by atoms with Crippen LogP contribution >= 0.6 is 23.2 Å². The van der Waals surface area contributed by atoms with Crippen molar-refractivity contribution in [1.29, 1.82) is 0 Å². The molecule has 1 atom stereocenters. The van der Waals surface area contributed by atoms with Gasteiger partial charge in [0, 0.05) is 12.2 Å². The first-order chi connectivity index (χ1) is 8.49. The minimum atomic E-state index is -0.634. The molecule has 4 nitrogen and oxygen atoms in total. The van der Waals surface area contributed by atoms with Gasteiger partial charge in [0.25, 0.3) is 0 Å². The molecule has 1 aromatic carbocycles. The van der Waals surface area contributed by atoms with Crippen LogP contribution in [0.2, 0.25) is 5.02 Å². The molecule has 18 heavy (non-hydrogen) atoms. The monoisotopic (exact) mass is 291 g/mol. The molecular weight excluding hydrogens is 277 g/mol. The summed E-state index contributed by atoms with van der Waals surface area (Å²) < 4.78 is 4.63. The number of carbonyl (C=O) groups excluding carboxylic acids is 1. The smallest absolute Gasteiger partial charge is 0.339 e. The van der Waals surface area contributed by atoms with E-state index in [0.29, 0.717) is 17.1 Å². The van der Waals surface area contributed by atoms with Gasteiger partial charge >= 0.3 is 5.97 Å². The lowest BCUT2D eigenvalue weighted by Crippen LogP contribution is -2.21. The number of esters is 1. The number of hydrogen-bond donors (Lipinski definition) is 2. The molecule has 0 bridgehead atoms. The molecule has 1 rings (SSSR count). The zero-order valence-corrected chi connectivity index (χ0v) is 11.7. The van der Waals surface area contributed by atoms with Gasteiger partial charge < -0.3 is 15.2 Å². The van der Waals surface area contributed by atoms with E-state index < -0.39 is 12.1 Å². The number of benzene rings is 1. The maximum Gasteiger partial charge on any atom is 0.339 e. The van der Waals surface area contributed by atoms with Crippen molar-refractivity contribution in [3.8, 4) is 0 Å². The van der Waals surface area contributed by atoms with Gasteiger partial charge in [-0.15, -0.1) is 11.6 Å². The van der Waals surface area contributed by atoms with Crippen molar-refractivity contribution in [3.05, 3.63) is 28.3 Å². The third kappa shape index (κ3) is 3.77. The molecule has 0 amide bonds. The topological polar surface area (TPSA) is 58.6 Å². The van der Waals surface area contributed by atoms with Crippen LogP contribution in [0.25, 0.3) is 0 Å². The second kappa shape index (κ2) is 6.83. The van der Waals surface area contributed by atoms with Crippen molar-refractivity contribution in [2.75, 3.05) is 24.9 Å². The molecular formula is C12H15Cl2NO3. The highest BCUT2D eigenvalue weighted by atomic mass is 35.5. The molecule has 0 saturated heterocycles. The molecule has 0 aliphatic rings. The van der Waals surface area contributed by atoms with Crippen molar-refractivity contribution in [2.24, 2.45) is 0 Å². The van der Waals surface area contributed by atoms with Gasteiger partial charge in [-0.25, -0.2) is 4.79 Å². The summed E-state index contributed by atoms with van der Waals surface area (Å²) in [4.78, 5) is 11.4. The van der Waals surface area contributed by atoms with Crippen molar-refractivity contribution in [3.63, 3.8) is 0 Å². The molecule has 0 spiro atoms. The zero-order chi connectivity index (χ0) is 13.7. The average molecular weight is 292 g/mol. The summed E-state index contributed by atoms with van der Waals surface area (Å²) in [6, 6.07) is 3.27. The van der Waals surface area contributed by atoms with Crippen LogP contribution in [0.1, 0.15) is 15.9 Å². The Labute approximate surface area is 116 Å². The lowest BCUT2D eigenvalue weighted by Gasteiger charge is -2.14. The highest BCUT2D eigenvalue weighted by molar-refractivity contribution is 6.34. The number of aliphatic hydroxyl groups is 1. The largest absolute Gasteiger partial charge is 0.465 e. The molecule has 0 heterocycles. The van der Waals surface area contributed by atoms with Gasteiger partial charge in [-0.05, 0) is 24.6 Å². The van der Waals surface area contributed by atoms with E-state index in [0.717, 1.165) is 11.3 Å². The minimum absolute atomic E-state index is 0.153. The molecule has 6 heteroatoms. The minimum Gasteiger partial charge on any atom is -0.465 e. The Morgan fingerprint density at radius 3 is 2.78 bits per heavy atom. The van der Waals surface area contributed by atoms with E-state index in [2.05, 4.69) is 10.1 Å². The summed E-state index contributed by atoms with van der Waals surface area (Å²) in [5.41, 5.74) is 1.90. The average Bonchev–Trinajstić information content (AvgIpc) is 2.37. The normalized spacial score (nSPS) is 12.1. The van der Waals surface area contributed by atoms with Crippen LogP contribution < -0.4 is 5.32 Å². The summed E-state index contributed by atoms with van der Waals surface area (Å²) in [6.45, 7) is 2.15. The Balaban J connectivity index is 2.90. The van der Waals surface area contributed by atoms with Crippen molar-refractivity contribution >= 4 is 34.9 Å². The van der Waals surface area contributed by atoms with Gasteiger partial charge in [0.05, 0.1) is 29.7 Å². The van der Waals surface area contributed by atoms with Crippen LogP contribution in [0, 0.1) is 6.92 Å². The molecule has 1 aromatic rings. The lowest BCUT2D eigenvalue weighted by atomic mass is 10.1. The van der Waals surface area contributed by atoms with E-state index in [-0.39, 0.29) is 5.88 Å². The van der Waals surface area contributed by atoms with E-state index in [1.165, 1.54) is 7.11 Å². The summed E-state index contributed by atoms with van der Waals surface area (Å²) >= 11 is 11.5. The number of carbonyl (C=O) groups is 1. The Hall–Kier alpha value is -0.970. The fourth-order valence-corrected chi connectivity index (χ4v) is 1.77. The lowest BCUT2D eigenvalue weighted by molar-refractivity contribution is 0.0601. The van der Waals surface area contributed by atoms with Crippen LogP contribution in [-0.2, 0) is 4.74 Å². The number of methoxy groups -OCH3 is 1. The van der Waals surface area contributed by atoms with Gasteiger partial charge in [-0.1, -0.05) is 11.6 Å². The quantitative estimate of drug-likeness (QED) is 0.646. The first-order valence-corrected chi connectivity index (χ1v) is 6.27. The van der Waals surface area contributed by atoms with E-state index in [1.54, 1.807) is 12.1 Å². The number of ether oxygens (including phenoxy) is 1. The highest BCUT2D eigenvalue weighted by Crippen LogP contribution is 2.25. The fourth-order valence-electron chi connectivity index (χ4n) is 1.42. The summed E-state index contributed by atoms with van der Waals surface area (Å²) in [6.07, 6.45) is -0.634. The number of hydrogen-bond acceptors (Lipinski definition) is 4. The number of aryl methyl sites for hydroxylation is 1. The van der Waals surface area contributed by atoms with Crippen LogP contribution in [0.15, 0.2) is 12.1 Å². The molecule has 0 aromatic heterocycles. The highest BCUT2D eigenvalue weighted by Gasteiger charge is 2.13. The summed E-state index contributed by atoms with van der Waals surface area (Å²) in [5, 5.41) is 12.7. The Bertz CT molecular complexity index is 438. The van der Waals surface area contributed by atoms with Crippen molar-refractivity contribution < 1.29 is 14.6 Å². The van der Waals surface area contributed by atoms with Crippen molar-refractivity contribution in [2.45, 2.75) is 13.0 Å². The zero-order valence-electron chi connectivity index (χ0n) is 10.2. The molecule has 0 aliphatic heterocycles. The molecule has 0 fully saturated rings. The maximum absolute atomic E-state index is 11.4. The predicted octanol–water partition coefficient (Wildman–Crippen LogP) is 2.45. The van der Waals surface area contributed by atoms with Gasteiger partial charge in [-0.2, -0.15) is 0 Å². The molecule has 2 N–H and O–H groups in total. The van der Waals surface area contributed by atoms with E-state index in [1.807, 2.05) is 6.92 Å². The third-order valence-electron chi connectivity index (χ3n) is 2.43. The Morgan fingerprint density at radius 1 is 1.56 bits per heavy atom. The third-order valence-corrected chi connectivity index (χ3v) is 3.09. The van der Waals surface area contributed by atoms with Crippen LogP contribution in [0.4, 0.5) is 5.69 Å². The van der Waals surface area contributed by atoms with Crippen LogP contribution in [-0.4, -0.2) is 36.7 Å². The van der Waals surface area contributed by atoms with Gasteiger partial charge in [0.15, 0.2) is 0 Å². The summed E-state index contributed by atoms with van der Waals surface area (Å²) in [7, 11) is 1.30. The van der Waals surface area contributed by atoms with E-state index in [4.69, 9.17) is 23.2 Å². The van der Waals surface area contributed by atoms with Crippen LogP contribution in [0.3, 0.4) is 0 Å². The first kappa shape index (κ1) is 15.1. The maximum atomic E-state index is 11.4. The predicted molar refractivity (Wildman–Crippen MR) is 72.7 cm³/mol. The molecule has 1 unspecified atom stereocenters. The number of halogens is 2. The Morgan fingerprint density at radius 2 is 2.22 bits per heavy atom. The number of nitrogens with one attached hydrogen (secondary N) is 1. The SMILES string of the molecule is COC(=O)c1cc(C)c(NCC(O)CCl)cc1Cl. The standard InChI is InChI=1S/C12H15Cl2NO3/c1-7-3-9(12(17)18-2)10(14)4-11(7)15-6-8(16)5-13/h3-4,8,15-16H,5-6H2,1-2H3. The number of rotatable bonds is 5. The second-order valence-corrected chi connectivity index (χ2v) is 4.54. The number of anilines is 1. The Kier molecular flexibility index (Phi) is 5.72. The second-order valence-electron chi connectivity index (χ2n) is 3.83. The van der Waals surface area contributed by atoms with Crippen molar-refractivity contribution in [1.82, 2.24) is 0 Å². The first-order valence-electron chi connectivity index (χ1n) is 5.36. The number of alkyl halides is 1. The fraction of sp³-hybridized carbons (Fsp3) is 0.417. The molecule has 100 valence electrons. The molecule has 0 saturated carbocycles. The van der Waals surface area contributed by atoms with Gasteiger partial charge in [0.2, 0.25) is 0 Å². The molecule has 0 aliphatic carbocycles. The molecule has 0 radical (unpaired) electrons.